The number of likely N-dealkylation sites (N-methyl/N-ethyl adjacent to an activating group) is 2. The number of carbonyl (C=O) groups excluding carboxylic acids is 3. The number of carboxylic acids is 1. The van der Waals surface area contributed by atoms with E-state index in [9.17, 15) is 19.2 Å². The number of hydrogen-bond donors (Lipinski definition) is 3. The van der Waals surface area contributed by atoms with E-state index in [1.165, 1.54) is 11.9 Å². The topological polar surface area (TPSA) is 116 Å². The maximum absolute atomic E-state index is 10.9. The van der Waals surface area contributed by atoms with E-state index in [-0.39, 0.29) is 41.7 Å². The van der Waals surface area contributed by atoms with E-state index in [1.807, 2.05) is 6.92 Å². The minimum absolute atomic E-state index is 0.0630. The first-order chi connectivity index (χ1) is 10.6. The zero-order valence-electron chi connectivity index (χ0n) is 14.1. The maximum atomic E-state index is 10.9. The van der Waals surface area contributed by atoms with Gasteiger partial charge in [0.2, 0.25) is 17.7 Å². The molecule has 130 valence electrons. The highest BCUT2D eigenvalue weighted by molar-refractivity contribution is 5.98. The maximum Gasteiger partial charge on any atom is 0.308 e. The van der Waals surface area contributed by atoms with Gasteiger partial charge in [-0.3, -0.25) is 19.2 Å². The fraction of sp³-hybridized carbons (Fsp3) is 0.467. The van der Waals surface area contributed by atoms with E-state index in [0.717, 1.165) is 0 Å². The number of nitrogens with one attached hydrogen (secondary N) is 2. The third kappa shape index (κ3) is 11.7. The van der Waals surface area contributed by atoms with E-state index in [4.69, 9.17) is 5.11 Å². The highest BCUT2D eigenvalue weighted by Gasteiger charge is 2.11. The first-order valence-corrected chi connectivity index (χ1v) is 6.84. The average molecular weight is 327 g/mol. The Labute approximate surface area is 136 Å². The van der Waals surface area contributed by atoms with Crippen LogP contribution in [-0.2, 0) is 19.2 Å². The van der Waals surface area contributed by atoms with Crippen LogP contribution < -0.4 is 10.6 Å². The molecule has 0 aromatic heterocycles. The molecular weight excluding hydrogens is 302 g/mol. The quantitative estimate of drug-likeness (QED) is 0.566. The van der Waals surface area contributed by atoms with Gasteiger partial charge in [0.25, 0.3) is 0 Å². The summed E-state index contributed by atoms with van der Waals surface area (Å²) in [6.45, 7) is 9.21. The van der Waals surface area contributed by atoms with Crippen molar-refractivity contribution >= 4 is 23.7 Å². The number of carbonyl (C=O) groups is 4. The number of hydrogen-bond acceptors (Lipinski definition) is 4. The molecule has 3 amide bonds. The molecule has 0 bridgehead atoms. The van der Waals surface area contributed by atoms with Crippen molar-refractivity contribution in [3.63, 3.8) is 0 Å². The van der Waals surface area contributed by atoms with Crippen molar-refractivity contribution in [2.24, 2.45) is 0 Å². The summed E-state index contributed by atoms with van der Waals surface area (Å²) in [4.78, 5) is 44.1. The van der Waals surface area contributed by atoms with Crippen LogP contribution in [0.3, 0.4) is 0 Å². The fourth-order valence-corrected chi connectivity index (χ4v) is 1.28. The zero-order chi connectivity index (χ0) is 18.6. The summed E-state index contributed by atoms with van der Waals surface area (Å²) >= 11 is 0. The van der Waals surface area contributed by atoms with Gasteiger partial charge in [-0.1, -0.05) is 13.2 Å². The lowest BCUT2D eigenvalue weighted by atomic mass is 10.2. The van der Waals surface area contributed by atoms with E-state index in [0.29, 0.717) is 6.54 Å². The van der Waals surface area contributed by atoms with Crippen LogP contribution in [0.5, 0.6) is 0 Å². The smallest absolute Gasteiger partial charge is 0.308 e. The molecule has 3 N–H and O–H groups in total. The van der Waals surface area contributed by atoms with Gasteiger partial charge in [0.15, 0.2) is 0 Å². The van der Waals surface area contributed by atoms with Crippen molar-refractivity contribution in [3.05, 3.63) is 24.3 Å². The third-order valence-electron chi connectivity index (χ3n) is 2.37. The zero-order valence-corrected chi connectivity index (χ0v) is 14.1. The highest BCUT2D eigenvalue weighted by Crippen LogP contribution is 2.00. The summed E-state index contributed by atoms with van der Waals surface area (Å²) in [5.41, 5.74) is 0.381. The van der Waals surface area contributed by atoms with Gasteiger partial charge in [0.1, 0.15) is 0 Å². The highest BCUT2D eigenvalue weighted by atomic mass is 16.4. The van der Waals surface area contributed by atoms with E-state index >= 15 is 0 Å². The van der Waals surface area contributed by atoms with Gasteiger partial charge >= 0.3 is 5.97 Å². The molecule has 8 heteroatoms. The van der Waals surface area contributed by atoms with Crippen LogP contribution in [0.1, 0.15) is 19.8 Å². The average Bonchev–Trinajstić information content (AvgIpc) is 2.45. The molecule has 0 rings (SSSR count). The molecule has 0 aliphatic carbocycles. The molecule has 8 nitrogen and oxygen atoms in total. The van der Waals surface area contributed by atoms with Crippen molar-refractivity contribution in [2.75, 3.05) is 27.7 Å². The summed E-state index contributed by atoms with van der Waals surface area (Å²) in [6.07, 6.45) is -0.232. The first kappa shape index (κ1) is 22.6. The Morgan fingerprint density at radius 1 is 1.04 bits per heavy atom. The van der Waals surface area contributed by atoms with Crippen LogP contribution in [0.4, 0.5) is 0 Å². The Kier molecular flexibility index (Phi) is 11.8. The van der Waals surface area contributed by atoms with E-state index in [1.54, 1.807) is 14.1 Å². The molecule has 0 unspecified atom stereocenters. The largest absolute Gasteiger partial charge is 0.481 e. The van der Waals surface area contributed by atoms with Gasteiger partial charge in [0.05, 0.1) is 12.8 Å². The summed E-state index contributed by atoms with van der Waals surface area (Å²) in [6, 6.07) is 0. The molecule has 0 aromatic rings. The fourth-order valence-electron chi connectivity index (χ4n) is 1.28. The molecule has 0 saturated carbocycles. The lowest BCUT2D eigenvalue weighted by Crippen LogP contribution is -2.27. The Balaban J connectivity index is 0. The summed E-state index contributed by atoms with van der Waals surface area (Å²) in [7, 11) is 4.61. The number of carboxylic acid groups (broad SMARTS) is 1. The predicted octanol–water partition coefficient (Wildman–Crippen LogP) is -0.0797. The van der Waals surface area contributed by atoms with Gasteiger partial charge in [-0.05, 0) is 6.92 Å². The second kappa shape index (κ2) is 12.0. The summed E-state index contributed by atoms with van der Waals surface area (Å²) in [5.74, 6) is -1.84. The minimum atomic E-state index is -1.04. The van der Waals surface area contributed by atoms with Gasteiger partial charge in [-0.15, -0.1) is 0 Å². The second-order valence-electron chi connectivity index (χ2n) is 4.69. The third-order valence-corrected chi connectivity index (χ3v) is 2.37. The predicted molar refractivity (Wildman–Crippen MR) is 86.6 cm³/mol. The number of amides is 3. The van der Waals surface area contributed by atoms with E-state index in [2.05, 4.69) is 23.8 Å². The molecule has 0 saturated heterocycles. The monoisotopic (exact) mass is 327 g/mol. The van der Waals surface area contributed by atoms with Gasteiger partial charge in [-0.2, -0.15) is 0 Å². The molecular formula is C15H25N3O5. The lowest BCUT2D eigenvalue weighted by Gasteiger charge is -2.10. The Morgan fingerprint density at radius 3 is 1.91 bits per heavy atom. The van der Waals surface area contributed by atoms with Crippen molar-refractivity contribution in [2.45, 2.75) is 19.8 Å². The van der Waals surface area contributed by atoms with Crippen molar-refractivity contribution in [1.29, 1.82) is 0 Å². The molecule has 23 heavy (non-hydrogen) atoms. The number of aliphatic carboxylic acids is 1. The Morgan fingerprint density at radius 2 is 1.57 bits per heavy atom. The molecule has 0 fully saturated rings. The van der Waals surface area contributed by atoms with Crippen LogP contribution in [0, 0.1) is 0 Å². The van der Waals surface area contributed by atoms with Gasteiger partial charge in [0, 0.05) is 38.8 Å². The Bertz CT molecular complexity index is 484. The lowest BCUT2D eigenvalue weighted by molar-refractivity contribution is -0.137. The molecule has 0 aromatic carbocycles. The van der Waals surface area contributed by atoms with Gasteiger partial charge in [-0.25, -0.2) is 0 Å². The molecule has 0 heterocycles. The van der Waals surface area contributed by atoms with E-state index < -0.39 is 5.97 Å². The molecule has 0 atom stereocenters. The van der Waals surface area contributed by atoms with Crippen molar-refractivity contribution in [1.82, 2.24) is 15.5 Å². The van der Waals surface area contributed by atoms with Crippen LogP contribution in [-0.4, -0.2) is 61.4 Å². The standard InChI is InChI=1S/C8H14N2O2.C7H11NO3/c1-4-10-7(11)5-6(2)8(12)9-3;1-5(4-6(9)10)7(11)8(2)3/h2,4-5H2,1,3H3,(H,9,12)(H,10,11);1,4H2,2-3H3,(H,9,10). The number of rotatable bonds is 7. The van der Waals surface area contributed by atoms with Crippen LogP contribution in [0.15, 0.2) is 24.3 Å². The SMILES string of the molecule is C=C(CC(=O)NCC)C(=O)NC.C=C(CC(=O)O)C(=O)N(C)C. The van der Waals surface area contributed by atoms with Gasteiger partial charge < -0.3 is 20.6 Å². The molecule has 0 aliphatic rings. The van der Waals surface area contributed by atoms with Crippen molar-refractivity contribution < 1.29 is 24.3 Å². The Hall–Kier alpha value is -2.64. The van der Waals surface area contributed by atoms with Crippen molar-refractivity contribution in [3.8, 4) is 0 Å². The molecule has 0 spiro atoms. The number of nitrogens with zero attached hydrogens (tertiary/aromatic N) is 1. The minimum Gasteiger partial charge on any atom is -0.481 e. The van der Waals surface area contributed by atoms with Crippen LogP contribution in [0.2, 0.25) is 0 Å². The molecule has 0 radical (unpaired) electrons. The normalized spacial score (nSPS) is 8.87. The second-order valence-corrected chi connectivity index (χ2v) is 4.69. The molecule has 0 aliphatic heterocycles. The first-order valence-electron chi connectivity index (χ1n) is 6.84. The summed E-state index contributed by atoms with van der Waals surface area (Å²) in [5, 5.41) is 13.3. The van der Waals surface area contributed by atoms with Crippen LogP contribution >= 0.6 is 0 Å². The summed E-state index contributed by atoms with van der Waals surface area (Å²) < 4.78 is 0. The van der Waals surface area contributed by atoms with Crippen LogP contribution in [0.25, 0.3) is 0 Å².